The molecule has 2 aliphatic heterocycles. The Hall–Kier alpha value is -2.15. The number of carbonyl (C=O) groups excluding carboxylic acids is 3. The van der Waals surface area contributed by atoms with Gasteiger partial charge in [0.05, 0.1) is 11.7 Å². The van der Waals surface area contributed by atoms with Gasteiger partial charge in [0, 0.05) is 25.3 Å². The summed E-state index contributed by atoms with van der Waals surface area (Å²) in [6, 6.07) is 0. The minimum absolute atomic E-state index is 0.0375. The van der Waals surface area contributed by atoms with Gasteiger partial charge in [0.25, 0.3) is 0 Å². The number of fused-ring (bicyclic) bond motifs is 2. The fourth-order valence-electron chi connectivity index (χ4n) is 4.88. The minimum Gasteiger partial charge on any atom is -0.458 e. The first kappa shape index (κ1) is 23.5. The van der Waals surface area contributed by atoms with Crippen molar-refractivity contribution in [1.82, 2.24) is 0 Å². The summed E-state index contributed by atoms with van der Waals surface area (Å²) in [4.78, 5) is 35.8. The maximum Gasteiger partial charge on any atom is 0.334 e. The number of rotatable bonds is 2. The molecule has 0 amide bonds. The first-order valence-corrected chi connectivity index (χ1v) is 11.1. The van der Waals surface area contributed by atoms with Gasteiger partial charge in [-0.3, -0.25) is 9.59 Å². The maximum atomic E-state index is 12.3. The smallest absolute Gasteiger partial charge is 0.334 e. The lowest BCUT2D eigenvalue weighted by atomic mass is 9.81. The van der Waals surface area contributed by atoms with E-state index in [2.05, 4.69) is 13.2 Å². The van der Waals surface area contributed by atoms with Crippen LogP contribution in [-0.4, -0.2) is 47.9 Å². The largest absolute Gasteiger partial charge is 0.458 e. The number of hydrogen-bond donors (Lipinski definition) is 0. The van der Waals surface area contributed by atoms with Crippen molar-refractivity contribution in [2.45, 2.75) is 96.2 Å². The van der Waals surface area contributed by atoms with E-state index in [1.165, 1.54) is 13.8 Å². The zero-order valence-corrected chi connectivity index (χ0v) is 19.0. The average molecular weight is 435 g/mol. The molecule has 7 atom stereocenters. The van der Waals surface area contributed by atoms with E-state index in [1.54, 1.807) is 0 Å². The minimum atomic E-state index is -0.563. The quantitative estimate of drug-likeness (QED) is 0.215. The van der Waals surface area contributed by atoms with E-state index in [0.717, 1.165) is 18.4 Å². The molecule has 3 fully saturated rings. The zero-order valence-electron chi connectivity index (χ0n) is 19.0. The second kappa shape index (κ2) is 9.15. The van der Waals surface area contributed by atoms with Gasteiger partial charge >= 0.3 is 17.9 Å². The summed E-state index contributed by atoms with van der Waals surface area (Å²) in [6.07, 6.45) is 2.59. The van der Waals surface area contributed by atoms with E-state index in [-0.39, 0.29) is 35.6 Å². The van der Waals surface area contributed by atoms with Gasteiger partial charge in [-0.1, -0.05) is 20.1 Å². The molecule has 1 saturated carbocycles. The summed E-state index contributed by atoms with van der Waals surface area (Å²) < 4.78 is 22.9. The second-order valence-electron chi connectivity index (χ2n) is 9.40. The van der Waals surface area contributed by atoms with Crippen LogP contribution in [0.1, 0.15) is 66.2 Å². The SMILES string of the molecule is C=C1CCC[C@H](C)[C@@H](OC(C)=O)[C@@H]2OC(=O)C(=C)[C@@H]2C[C@H]2O[C@]2(C)CC[C@H]1OC(C)=O. The molecular formula is C24H34O7. The lowest BCUT2D eigenvalue weighted by molar-refractivity contribution is -0.165. The van der Waals surface area contributed by atoms with Gasteiger partial charge in [-0.2, -0.15) is 0 Å². The highest BCUT2D eigenvalue weighted by molar-refractivity contribution is 5.91. The van der Waals surface area contributed by atoms with Crippen LogP contribution in [0.3, 0.4) is 0 Å². The fourth-order valence-corrected chi connectivity index (χ4v) is 4.88. The predicted octanol–water partition coefficient (Wildman–Crippen LogP) is 3.65. The van der Waals surface area contributed by atoms with Crippen LogP contribution >= 0.6 is 0 Å². The Morgan fingerprint density at radius 3 is 2.45 bits per heavy atom. The van der Waals surface area contributed by atoms with E-state index in [0.29, 0.717) is 31.3 Å². The second-order valence-corrected chi connectivity index (χ2v) is 9.40. The van der Waals surface area contributed by atoms with E-state index in [4.69, 9.17) is 18.9 Å². The van der Waals surface area contributed by atoms with Crippen LogP contribution in [0.5, 0.6) is 0 Å². The lowest BCUT2D eigenvalue weighted by Crippen LogP contribution is -2.40. The highest BCUT2D eigenvalue weighted by atomic mass is 16.6. The predicted molar refractivity (Wildman–Crippen MR) is 113 cm³/mol. The molecule has 7 nitrogen and oxygen atoms in total. The molecule has 0 bridgehead atoms. The third-order valence-corrected chi connectivity index (χ3v) is 6.86. The first-order chi connectivity index (χ1) is 14.5. The van der Waals surface area contributed by atoms with Crippen molar-refractivity contribution in [3.63, 3.8) is 0 Å². The Kier molecular flexibility index (Phi) is 6.94. The maximum absolute atomic E-state index is 12.3. The molecule has 3 rings (SSSR count). The normalized spacial score (nSPS) is 38.9. The van der Waals surface area contributed by atoms with Crippen LogP contribution in [0.2, 0.25) is 0 Å². The van der Waals surface area contributed by atoms with Crippen molar-refractivity contribution >= 4 is 17.9 Å². The van der Waals surface area contributed by atoms with E-state index in [1.807, 2.05) is 13.8 Å². The highest BCUT2D eigenvalue weighted by Crippen LogP contribution is 2.48. The van der Waals surface area contributed by atoms with Crippen LogP contribution in [-0.2, 0) is 33.3 Å². The van der Waals surface area contributed by atoms with Crippen LogP contribution in [0.25, 0.3) is 0 Å². The standard InChI is InChI=1S/C24H34O7/c1-13-8-7-9-14(2)21(29-17(5)26)22-18(15(3)23(27)30-22)12-20-24(6,31-20)11-10-19(13)28-16(4)25/h14,18-22H,1,3,7-12H2,2,4-6H3/t14-,18-,19+,20+,21+,22+,24+/m0/s1. The van der Waals surface area contributed by atoms with Crippen LogP contribution in [0.15, 0.2) is 24.3 Å². The molecule has 2 saturated heterocycles. The van der Waals surface area contributed by atoms with E-state index < -0.39 is 24.1 Å². The number of carbonyl (C=O) groups is 3. The summed E-state index contributed by atoms with van der Waals surface area (Å²) >= 11 is 0. The van der Waals surface area contributed by atoms with Gasteiger partial charge in [0.2, 0.25) is 0 Å². The molecule has 2 heterocycles. The van der Waals surface area contributed by atoms with Gasteiger partial charge in [0.15, 0.2) is 0 Å². The van der Waals surface area contributed by atoms with Crippen molar-refractivity contribution in [1.29, 1.82) is 0 Å². The van der Waals surface area contributed by atoms with Gasteiger partial charge < -0.3 is 18.9 Å². The Morgan fingerprint density at radius 1 is 1.13 bits per heavy atom. The topological polar surface area (TPSA) is 91.4 Å². The molecule has 0 aromatic heterocycles. The van der Waals surface area contributed by atoms with Gasteiger partial charge in [-0.05, 0) is 56.9 Å². The number of ether oxygens (including phenoxy) is 4. The Morgan fingerprint density at radius 2 is 1.81 bits per heavy atom. The van der Waals surface area contributed by atoms with Gasteiger partial charge in [0.1, 0.15) is 18.3 Å². The molecule has 3 aliphatic rings. The molecule has 0 unspecified atom stereocenters. The summed E-state index contributed by atoms with van der Waals surface area (Å²) in [5.74, 6) is -1.47. The van der Waals surface area contributed by atoms with Crippen molar-refractivity contribution < 1.29 is 33.3 Å². The molecule has 0 radical (unpaired) electrons. The van der Waals surface area contributed by atoms with E-state index in [9.17, 15) is 14.4 Å². The first-order valence-electron chi connectivity index (χ1n) is 11.1. The Bertz CT molecular complexity index is 772. The van der Waals surface area contributed by atoms with Crippen molar-refractivity contribution in [3.8, 4) is 0 Å². The number of epoxide rings is 1. The highest BCUT2D eigenvalue weighted by Gasteiger charge is 2.56. The van der Waals surface area contributed by atoms with Crippen LogP contribution < -0.4 is 0 Å². The molecule has 0 N–H and O–H groups in total. The van der Waals surface area contributed by atoms with Crippen LogP contribution in [0, 0.1) is 11.8 Å². The zero-order chi connectivity index (χ0) is 22.9. The average Bonchev–Trinajstić information content (AvgIpc) is 3.24. The van der Waals surface area contributed by atoms with E-state index >= 15 is 0 Å². The monoisotopic (exact) mass is 434 g/mol. The lowest BCUT2D eigenvalue weighted by Gasteiger charge is -2.31. The summed E-state index contributed by atoms with van der Waals surface area (Å²) in [5.41, 5.74) is 0.912. The van der Waals surface area contributed by atoms with Gasteiger partial charge in [-0.15, -0.1) is 0 Å². The molecule has 31 heavy (non-hydrogen) atoms. The summed E-state index contributed by atoms with van der Waals surface area (Å²) in [7, 11) is 0. The Balaban J connectivity index is 1.86. The third-order valence-electron chi connectivity index (χ3n) is 6.86. The fraction of sp³-hybridized carbons (Fsp3) is 0.708. The molecule has 7 heteroatoms. The third kappa shape index (κ3) is 5.37. The summed E-state index contributed by atoms with van der Waals surface area (Å²) in [5, 5.41) is 0. The molecule has 0 aromatic carbocycles. The number of hydrogen-bond acceptors (Lipinski definition) is 7. The molecule has 1 aliphatic carbocycles. The van der Waals surface area contributed by atoms with Crippen molar-refractivity contribution in [2.24, 2.45) is 11.8 Å². The summed E-state index contributed by atoms with van der Waals surface area (Å²) in [6.45, 7) is 14.9. The van der Waals surface area contributed by atoms with Gasteiger partial charge in [-0.25, -0.2) is 4.79 Å². The number of esters is 3. The van der Waals surface area contributed by atoms with Crippen molar-refractivity contribution in [2.75, 3.05) is 0 Å². The molecule has 172 valence electrons. The van der Waals surface area contributed by atoms with Crippen molar-refractivity contribution in [3.05, 3.63) is 24.3 Å². The molecular weight excluding hydrogens is 400 g/mol. The van der Waals surface area contributed by atoms with Crippen LogP contribution in [0.4, 0.5) is 0 Å². The molecule has 0 aromatic rings. The molecule has 0 spiro atoms. The Labute approximate surface area is 184 Å².